The van der Waals surface area contributed by atoms with E-state index >= 15 is 0 Å². The Labute approximate surface area is 222 Å². The minimum atomic E-state index is -0.777. The molecule has 188 valence electrons. The molecular formula is C29H23ClFNO4S. The van der Waals surface area contributed by atoms with Crippen molar-refractivity contribution in [1.29, 1.82) is 0 Å². The van der Waals surface area contributed by atoms with Crippen molar-refractivity contribution >= 4 is 40.7 Å². The zero-order valence-corrected chi connectivity index (χ0v) is 21.4. The average Bonchev–Trinajstić information content (AvgIpc) is 3.63. The van der Waals surface area contributed by atoms with Crippen LogP contribution in [0.3, 0.4) is 0 Å². The summed E-state index contributed by atoms with van der Waals surface area (Å²) in [7, 11) is 0. The molecule has 5 nitrogen and oxygen atoms in total. The molecule has 1 saturated carbocycles. The van der Waals surface area contributed by atoms with Gasteiger partial charge in [0.1, 0.15) is 6.10 Å². The fourth-order valence-corrected chi connectivity index (χ4v) is 5.29. The van der Waals surface area contributed by atoms with Crippen LogP contribution in [0.2, 0.25) is 5.02 Å². The maximum atomic E-state index is 14.2. The van der Waals surface area contributed by atoms with Crippen molar-refractivity contribution in [2.24, 2.45) is 0 Å². The van der Waals surface area contributed by atoms with Crippen LogP contribution in [0.1, 0.15) is 37.0 Å². The standard InChI is InChI=1S/C29H23ClFNO4S/c1-17(18-8-12-23(30)13-9-18)36-28(35)32-24-16-25(31)37-26(24)21-4-2-19(3-5-21)20-6-10-22(11-7-20)29(14-15-29)27(33)34/h2-13,16-17H,14-15H2,1H3,(H,32,35)(H,33,34)/t17-/m1/s1. The van der Waals surface area contributed by atoms with Crippen molar-refractivity contribution in [1.82, 2.24) is 0 Å². The number of carboxylic acids is 1. The predicted molar refractivity (Wildman–Crippen MR) is 144 cm³/mol. The number of anilines is 1. The number of carbonyl (C=O) groups excluding carboxylic acids is 1. The van der Waals surface area contributed by atoms with Gasteiger partial charge >= 0.3 is 12.1 Å². The molecule has 1 heterocycles. The van der Waals surface area contributed by atoms with Crippen LogP contribution < -0.4 is 5.32 Å². The third-order valence-corrected chi connectivity index (χ3v) is 7.86. The van der Waals surface area contributed by atoms with Gasteiger partial charge in [0.15, 0.2) is 5.13 Å². The van der Waals surface area contributed by atoms with Crippen LogP contribution in [0.15, 0.2) is 78.9 Å². The van der Waals surface area contributed by atoms with E-state index < -0.39 is 28.7 Å². The summed E-state index contributed by atoms with van der Waals surface area (Å²) < 4.78 is 19.7. The largest absolute Gasteiger partial charge is 0.481 e. The number of carbonyl (C=O) groups is 2. The zero-order valence-electron chi connectivity index (χ0n) is 19.8. The van der Waals surface area contributed by atoms with Crippen molar-refractivity contribution in [3.8, 4) is 21.6 Å². The van der Waals surface area contributed by atoms with Gasteiger partial charge in [-0.25, -0.2) is 4.79 Å². The number of amides is 1. The van der Waals surface area contributed by atoms with Gasteiger partial charge < -0.3 is 9.84 Å². The van der Waals surface area contributed by atoms with Gasteiger partial charge in [-0.05, 0) is 59.7 Å². The molecule has 8 heteroatoms. The number of halogens is 2. The van der Waals surface area contributed by atoms with Gasteiger partial charge in [0.25, 0.3) is 0 Å². The van der Waals surface area contributed by atoms with Crippen LogP contribution in [0.4, 0.5) is 14.9 Å². The predicted octanol–water partition coefficient (Wildman–Crippen LogP) is 8.30. The Morgan fingerprint density at radius 1 is 0.973 bits per heavy atom. The maximum Gasteiger partial charge on any atom is 0.412 e. The van der Waals surface area contributed by atoms with E-state index in [-0.39, 0.29) is 0 Å². The summed E-state index contributed by atoms with van der Waals surface area (Å²) in [5.41, 5.74) is 3.85. The molecule has 0 bridgehead atoms. The highest BCUT2D eigenvalue weighted by molar-refractivity contribution is 7.14. The third-order valence-electron chi connectivity index (χ3n) is 6.64. The molecule has 5 rings (SSSR count). The molecule has 1 amide bonds. The van der Waals surface area contributed by atoms with Crippen LogP contribution >= 0.6 is 22.9 Å². The molecule has 0 unspecified atom stereocenters. The quantitative estimate of drug-likeness (QED) is 0.249. The van der Waals surface area contributed by atoms with E-state index in [9.17, 15) is 19.1 Å². The maximum absolute atomic E-state index is 14.2. The van der Waals surface area contributed by atoms with Gasteiger partial charge in [-0.3, -0.25) is 10.1 Å². The Hall–Kier alpha value is -3.68. The van der Waals surface area contributed by atoms with Gasteiger partial charge in [0, 0.05) is 11.1 Å². The van der Waals surface area contributed by atoms with Crippen molar-refractivity contribution in [2.45, 2.75) is 31.3 Å². The molecule has 4 aromatic rings. The van der Waals surface area contributed by atoms with Crippen molar-refractivity contribution in [2.75, 3.05) is 5.32 Å². The lowest BCUT2D eigenvalue weighted by atomic mass is 9.93. The molecule has 1 aliphatic carbocycles. The summed E-state index contributed by atoms with van der Waals surface area (Å²) in [6.07, 6.45) is 0.128. The lowest BCUT2D eigenvalue weighted by molar-refractivity contribution is -0.140. The van der Waals surface area contributed by atoms with Crippen LogP contribution in [-0.2, 0) is 14.9 Å². The van der Waals surface area contributed by atoms with Gasteiger partial charge in [-0.2, -0.15) is 4.39 Å². The number of hydrogen-bond acceptors (Lipinski definition) is 4. The summed E-state index contributed by atoms with van der Waals surface area (Å²) in [6.45, 7) is 1.75. The highest BCUT2D eigenvalue weighted by atomic mass is 35.5. The lowest BCUT2D eigenvalue weighted by Gasteiger charge is -2.14. The second kappa shape index (κ2) is 10.00. The van der Waals surface area contributed by atoms with Crippen molar-refractivity contribution in [3.63, 3.8) is 0 Å². The van der Waals surface area contributed by atoms with E-state index in [2.05, 4.69) is 5.32 Å². The summed E-state index contributed by atoms with van der Waals surface area (Å²) in [5.74, 6) is -0.777. The molecule has 1 aromatic heterocycles. The molecule has 1 fully saturated rings. The fraction of sp³-hybridized carbons (Fsp3) is 0.172. The Balaban J connectivity index is 1.29. The fourth-order valence-electron chi connectivity index (χ4n) is 4.32. The zero-order chi connectivity index (χ0) is 26.2. The number of hydrogen-bond donors (Lipinski definition) is 2. The first-order valence-electron chi connectivity index (χ1n) is 11.7. The van der Waals surface area contributed by atoms with Gasteiger partial charge in [0.2, 0.25) is 0 Å². The first kappa shape index (κ1) is 25.0. The second-order valence-corrected chi connectivity index (χ2v) is 10.5. The van der Waals surface area contributed by atoms with Crippen LogP contribution in [0, 0.1) is 5.13 Å². The normalized spacial score (nSPS) is 14.6. The highest BCUT2D eigenvalue weighted by Crippen LogP contribution is 2.48. The number of nitrogens with one attached hydrogen (secondary N) is 1. The second-order valence-electron chi connectivity index (χ2n) is 9.06. The molecule has 2 N–H and O–H groups in total. The number of rotatable bonds is 7. The van der Waals surface area contributed by atoms with E-state index in [1.807, 2.05) is 48.5 Å². The molecule has 37 heavy (non-hydrogen) atoms. The molecule has 0 spiro atoms. The van der Waals surface area contributed by atoms with E-state index in [0.717, 1.165) is 39.2 Å². The number of ether oxygens (including phenoxy) is 1. The van der Waals surface area contributed by atoms with E-state index in [1.165, 1.54) is 6.07 Å². The van der Waals surface area contributed by atoms with Crippen molar-refractivity contribution in [3.05, 3.63) is 100 Å². The number of aliphatic carboxylic acids is 1. The van der Waals surface area contributed by atoms with Gasteiger partial charge in [-0.1, -0.05) is 72.3 Å². The minimum Gasteiger partial charge on any atom is -0.481 e. The van der Waals surface area contributed by atoms with Gasteiger partial charge in [-0.15, -0.1) is 11.3 Å². The smallest absolute Gasteiger partial charge is 0.412 e. The number of benzene rings is 3. The summed E-state index contributed by atoms with van der Waals surface area (Å²) >= 11 is 6.85. The summed E-state index contributed by atoms with van der Waals surface area (Å²) in [5, 5.41) is 12.3. The molecule has 1 aliphatic rings. The average molecular weight is 536 g/mol. The number of carboxylic acid groups (broad SMARTS) is 1. The third kappa shape index (κ3) is 5.24. The van der Waals surface area contributed by atoms with E-state index in [1.54, 1.807) is 31.2 Å². The Morgan fingerprint density at radius 2 is 1.54 bits per heavy atom. The Morgan fingerprint density at radius 3 is 2.11 bits per heavy atom. The highest BCUT2D eigenvalue weighted by Gasteiger charge is 2.51. The van der Waals surface area contributed by atoms with Crippen LogP contribution in [0.25, 0.3) is 21.6 Å². The van der Waals surface area contributed by atoms with Crippen LogP contribution in [0.5, 0.6) is 0 Å². The van der Waals surface area contributed by atoms with Crippen LogP contribution in [-0.4, -0.2) is 17.2 Å². The summed E-state index contributed by atoms with van der Waals surface area (Å²) in [4.78, 5) is 24.7. The first-order valence-corrected chi connectivity index (χ1v) is 12.9. The molecular weight excluding hydrogens is 513 g/mol. The topological polar surface area (TPSA) is 75.6 Å². The monoisotopic (exact) mass is 535 g/mol. The lowest BCUT2D eigenvalue weighted by Crippen LogP contribution is -2.19. The van der Waals surface area contributed by atoms with E-state index in [0.29, 0.717) is 28.4 Å². The molecule has 0 aliphatic heterocycles. The van der Waals surface area contributed by atoms with Crippen molar-refractivity contribution < 1.29 is 23.8 Å². The molecule has 1 atom stereocenters. The van der Waals surface area contributed by atoms with Gasteiger partial charge in [0.05, 0.1) is 16.0 Å². The molecule has 0 radical (unpaired) electrons. The molecule has 3 aromatic carbocycles. The minimum absolute atomic E-state index is 0.330. The number of thiophene rings is 1. The Kier molecular flexibility index (Phi) is 6.75. The molecule has 0 saturated heterocycles. The summed E-state index contributed by atoms with van der Waals surface area (Å²) in [6, 6.07) is 23.4. The SMILES string of the molecule is C[C@@H](OC(=O)Nc1cc(F)sc1-c1ccc(-c2ccc(C3(C(=O)O)CC3)cc2)cc1)c1ccc(Cl)cc1. The Bertz CT molecular complexity index is 1450. The first-order chi connectivity index (χ1) is 17.7. The van der Waals surface area contributed by atoms with E-state index in [4.69, 9.17) is 16.3 Å².